The van der Waals surface area contributed by atoms with Gasteiger partial charge in [0.05, 0.1) is 11.4 Å². The molecule has 3 aromatic rings. The molecule has 4 rings (SSSR count). The minimum atomic E-state index is 0.0739. The molecule has 0 saturated carbocycles. The monoisotopic (exact) mass is 402 g/mol. The molecule has 3 nitrogen and oxygen atoms in total. The van der Waals surface area contributed by atoms with E-state index in [4.69, 9.17) is 0 Å². The number of unbranched alkanes of at least 4 members (excludes halogenated alkanes) is 1. The third kappa shape index (κ3) is 4.39. The minimum absolute atomic E-state index is 0.0739. The van der Waals surface area contributed by atoms with E-state index >= 15 is 0 Å². The Kier molecular flexibility index (Phi) is 6.02. The molecule has 0 bridgehead atoms. The Balaban J connectivity index is 1.65. The first kappa shape index (κ1) is 19.7. The van der Waals surface area contributed by atoms with Crippen molar-refractivity contribution in [1.82, 2.24) is 4.90 Å². The highest BCUT2D eigenvalue weighted by molar-refractivity contribution is 7.99. The maximum atomic E-state index is 13.0. The zero-order valence-corrected chi connectivity index (χ0v) is 17.8. The van der Waals surface area contributed by atoms with E-state index in [2.05, 4.69) is 60.3 Å². The van der Waals surface area contributed by atoms with Gasteiger partial charge in [0.25, 0.3) is 0 Å². The molecule has 3 aromatic carbocycles. The van der Waals surface area contributed by atoms with Crippen LogP contribution in [0.15, 0.2) is 82.6 Å². The Morgan fingerprint density at radius 3 is 2.34 bits per heavy atom. The predicted molar refractivity (Wildman–Crippen MR) is 122 cm³/mol. The number of hydrogen-bond donors (Lipinski definition) is 0. The summed E-state index contributed by atoms with van der Waals surface area (Å²) in [6.07, 6.45) is 2.25. The Morgan fingerprint density at radius 1 is 0.828 bits per heavy atom. The quantitative estimate of drug-likeness (QED) is 0.365. The standard InChI is InChI=1S/C25H26N2OS/c1-26(2)16-8-9-17-27-21-12-6-7-13-23(21)29-24-15-14-20(18-22(24)27)25(28)19-10-4-3-5-11-19/h3-7,10-15,18H,8-9,16-17H2,1-2H3. The number of nitrogens with zero attached hydrogens (tertiary/aromatic N) is 2. The summed E-state index contributed by atoms with van der Waals surface area (Å²) >= 11 is 1.79. The van der Waals surface area contributed by atoms with Gasteiger partial charge in [0.2, 0.25) is 0 Å². The Morgan fingerprint density at radius 2 is 1.55 bits per heavy atom. The molecule has 148 valence electrons. The number of ketones is 1. The second kappa shape index (κ2) is 8.85. The van der Waals surface area contributed by atoms with E-state index in [0.29, 0.717) is 0 Å². The maximum absolute atomic E-state index is 13.0. The molecular formula is C25H26N2OS. The predicted octanol–water partition coefficient (Wildman–Crippen LogP) is 5.86. The summed E-state index contributed by atoms with van der Waals surface area (Å²) in [5, 5.41) is 0. The molecule has 0 fully saturated rings. The molecule has 0 spiro atoms. The molecule has 1 aliphatic heterocycles. The summed E-state index contributed by atoms with van der Waals surface area (Å²) < 4.78 is 0. The van der Waals surface area contributed by atoms with Crippen LogP contribution in [0.3, 0.4) is 0 Å². The van der Waals surface area contributed by atoms with E-state index in [-0.39, 0.29) is 5.78 Å². The molecule has 0 aliphatic carbocycles. The third-order valence-corrected chi connectivity index (χ3v) is 6.29. The number of anilines is 2. The number of benzene rings is 3. The van der Waals surface area contributed by atoms with Crippen LogP contribution in [0.5, 0.6) is 0 Å². The van der Waals surface area contributed by atoms with E-state index in [1.54, 1.807) is 11.8 Å². The van der Waals surface area contributed by atoms with Crippen LogP contribution in [-0.4, -0.2) is 37.9 Å². The fourth-order valence-corrected chi connectivity index (χ4v) is 4.74. The van der Waals surface area contributed by atoms with E-state index in [1.165, 1.54) is 15.5 Å². The normalized spacial score (nSPS) is 12.6. The summed E-state index contributed by atoms with van der Waals surface area (Å²) in [4.78, 5) is 20.1. The lowest BCUT2D eigenvalue weighted by Crippen LogP contribution is -2.23. The number of hydrogen-bond acceptors (Lipinski definition) is 4. The number of carbonyl (C=O) groups excluding carboxylic acids is 1. The Hall–Kier alpha value is -2.56. The van der Waals surface area contributed by atoms with Gasteiger partial charge in [-0.1, -0.05) is 54.2 Å². The highest BCUT2D eigenvalue weighted by Gasteiger charge is 2.24. The molecule has 1 aliphatic rings. The highest BCUT2D eigenvalue weighted by atomic mass is 32.2. The maximum Gasteiger partial charge on any atom is 0.193 e. The minimum Gasteiger partial charge on any atom is -0.340 e. The topological polar surface area (TPSA) is 23.6 Å². The second-order valence-corrected chi connectivity index (χ2v) is 8.69. The van der Waals surface area contributed by atoms with Crippen LogP contribution < -0.4 is 4.90 Å². The van der Waals surface area contributed by atoms with Gasteiger partial charge in [0, 0.05) is 27.5 Å². The summed E-state index contributed by atoms with van der Waals surface area (Å²) in [6, 6.07) is 24.2. The zero-order valence-electron chi connectivity index (χ0n) is 17.0. The van der Waals surface area contributed by atoms with Gasteiger partial charge < -0.3 is 9.80 Å². The molecular weight excluding hydrogens is 376 g/mol. The van der Waals surface area contributed by atoms with E-state index in [1.807, 2.05) is 36.4 Å². The average molecular weight is 403 g/mol. The van der Waals surface area contributed by atoms with Gasteiger partial charge in [0.15, 0.2) is 5.78 Å². The first-order chi connectivity index (χ1) is 14.1. The van der Waals surface area contributed by atoms with Crippen molar-refractivity contribution in [1.29, 1.82) is 0 Å². The second-order valence-electron chi connectivity index (χ2n) is 7.61. The van der Waals surface area contributed by atoms with Crippen LogP contribution in [0.4, 0.5) is 11.4 Å². The van der Waals surface area contributed by atoms with Gasteiger partial charge in [-0.3, -0.25) is 4.79 Å². The number of rotatable bonds is 7. The van der Waals surface area contributed by atoms with Gasteiger partial charge in [-0.2, -0.15) is 0 Å². The largest absolute Gasteiger partial charge is 0.340 e. The van der Waals surface area contributed by atoms with Crippen LogP contribution in [0.2, 0.25) is 0 Å². The first-order valence-corrected chi connectivity index (χ1v) is 10.9. The van der Waals surface area contributed by atoms with Crippen LogP contribution in [0, 0.1) is 0 Å². The van der Waals surface area contributed by atoms with Crippen LogP contribution in [0.1, 0.15) is 28.8 Å². The lowest BCUT2D eigenvalue weighted by Gasteiger charge is -2.33. The first-order valence-electron chi connectivity index (χ1n) is 10.1. The van der Waals surface area contributed by atoms with Gasteiger partial charge in [0.1, 0.15) is 0 Å². The highest BCUT2D eigenvalue weighted by Crippen LogP contribution is 2.48. The fraction of sp³-hybridized carbons (Fsp3) is 0.240. The number of fused-ring (bicyclic) bond motifs is 2. The molecule has 0 atom stereocenters. The van der Waals surface area contributed by atoms with Crippen molar-refractivity contribution >= 4 is 28.9 Å². The molecule has 0 aromatic heterocycles. The van der Waals surface area contributed by atoms with Crippen molar-refractivity contribution in [2.45, 2.75) is 22.6 Å². The van der Waals surface area contributed by atoms with E-state index < -0.39 is 0 Å². The molecule has 0 amide bonds. The Bertz CT molecular complexity index is 1000. The summed E-state index contributed by atoms with van der Waals surface area (Å²) in [6.45, 7) is 2.03. The SMILES string of the molecule is CN(C)CCCCN1c2ccccc2Sc2ccc(C(=O)c3ccccc3)cc21. The zero-order chi connectivity index (χ0) is 20.2. The van der Waals surface area contributed by atoms with E-state index in [0.717, 1.165) is 42.7 Å². The van der Waals surface area contributed by atoms with E-state index in [9.17, 15) is 4.79 Å². The lowest BCUT2D eigenvalue weighted by atomic mass is 10.0. The molecule has 1 heterocycles. The van der Waals surface area contributed by atoms with Crippen LogP contribution in [-0.2, 0) is 0 Å². The van der Waals surface area contributed by atoms with Crippen LogP contribution in [0.25, 0.3) is 0 Å². The third-order valence-electron chi connectivity index (χ3n) is 5.16. The fourth-order valence-electron chi connectivity index (χ4n) is 3.67. The molecule has 0 saturated heterocycles. The molecule has 29 heavy (non-hydrogen) atoms. The molecule has 0 N–H and O–H groups in total. The number of carbonyl (C=O) groups is 1. The summed E-state index contributed by atoms with van der Waals surface area (Å²) in [5.74, 6) is 0.0739. The van der Waals surface area contributed by atoms with Crippen molar-refractivity contribution in [3.8, 4) is 0 Å². The van der Waals surface area contributed by atoms with Gasteiger partial charge in [-0.15, -0.1) is 0 Å². The van der Waals surface area contributed by atoms with Crippen LogP contribution >= 0.6 is 11.8 Å². The molecule has 4 heteroatoms. The van der Waals surface area contributed by atoms with Gasteiger partial charge >= 0.3 is 0 Å². The summed E-state index contributed by atoms with van der Waals surface area (Å²) in [7, 11) is 4.23. The Labute approximate surface area is 177 Å². The summed E-state index contributed by atoms with van der Waals surface area (Å²) in [5.41, 5.74) is 3.85. The van der Waals surface area contributed by atoms with Gasteiger partial charge in [-0.25, -0.2) is 0 Å². The van der Waals surface area contributed by atoms with Crippen molar-refractivity contribution < 1.29 is 4.79 Å². The van der Waals surface area contributed by atoms with Crippen molar-refractivity contribution in [2.24, 2.45) is 0 Å². The molecule has 0 unspecified atom stereocenters. The van der Waals surface area contributed by atoms with Crippen molar-refractivity contribution in [3.63, 3.8) is 0 Å². The lowest BCUT2D eigenvalue weighted by molar-refractivity contribution is 0.103. The number of para-hydroxylation sites is 1. The molecule has 0 radical (unpaired) electrons. The van der Waals surface area contributed by atoms with Crippen molar-refractivity contribution in [3.05, 3.63) is 83.9 Å². The van der Waals surface area contributed by atoms with Crippen molar-refractivity contribution in [2.75, 3.05) is 32.1 Å². The average Bonchev–Trinajstić information content (AvgIpc) is 2.75. The smallest absolute Gasteiger partial charge is 0.193 e. The van der Waals surface area contributed by atoms with Gasteiger partial charge in [-0.05, 0) is 63.8 Å².